The third kappa shape index (κ3) is 4.14. The van der Waals surface area contributed by atoms with E-state index in [9.17, 15) is 8.78 Å². The number of nitrogens with zero attached hydrogens (tertiary/aromatic N) is 5. The minimum Gasteiger partial charge on any atom is -0.470 e. The summed E-state index contributed by atoms with van der Waals surface area (Å²) in [5.41, 5.74) is 2.54. The van der Waals surface area contributed by atoms with Crippen LogP contribution in [-0.2, 0) is 12.1 Å². The van der Waals surface area contributed by atoms with Crippen LogP contribution in [0.25, 0.3) is 5.69 Å². The molecule has 3 aromatic rings. The molecule has 30 heavy (non-hydrogen) atoms. The van der Waals surface area contributed by atoms with Crippen LogP contribution in [0.4, 0.5) is 8.78 Å². The van der Waals surface area contributed by atoms with Crippen molar-refractivity contribution in [2.75, 3.05) is 19.6 Å². The minimum absolute atomic E-state index is 0.0416. The number of benzene rings is 1. The maximum Gasteiger partial charge on any atom is 0.263 e. The second kappa shape index (κ2) is 8.41. The summed E-state index contributed by atoms with van der Waals surface area (Å²) in [7, 11) is 0. The lowest BCUT2D eigenvalue weighted by atomic mass is 9.95. The van der Waals surface area contributed by atoms with E-state index in [1.807, 2.05) is 13.0 Å². The molecule has 1 atom stereocenters. The SMILES string of the molecule is Cc1nnn(-c2ccc(C(F)F)cc2)c1COc1ccc([C@]2(C)CNCCN2)nn1. The molecule has 2 N–H and O–H groups in total. The largest absolute Gasteiger partial charge is 0.470 e. The van der Waals surface area contributed by atoms with Crippen molar-refractivity contribution in [2.45, 2.75) is 32.4 Å². The quantitative estimate of drug-likeness (QED) is 0.638. The zero-order valence-corrected chi connectivity index (χ0v) is 16.8. The van der Waals surface area contributed by atoms with Gasteiger partial charge >= 0.3 is 0 Å². The fraction of sp³-hybridized carbons (Fsp3) is 0.400. The molecule has 1 aromatic carbocycles. The van der Waals surface area contributed by atoms with Crippen LogP contribution in [0.15, 0.2) is 36.4 Å². The average Bonchev–Trinajstić information content (AvgIpc) is 3.13. The van der Waals surface area contributed by atoms with Crippen molar-refractivity contribution in [3.05, 3.63) is 59.0 Å². The second-order valence-corrected chi connectivity index (χ2v) is 7.41. The Morgan fingerprint density at radius 2 is 1.90 bits per heavy atom. The second-order valence-electron chi connectivity index (χ2n) is 7.41. The third-order valence-electron chi connectivity index (χ3n) is 5.20. The van der Waals surface area contributed by atoms with Gasteiger partial charge in [-0.1, -0.05) is 17.3 Å². The Morgan fingerprint density at radius 3 is 2.53 bits per heavy atom. The van der Waals surface area contributed by atoms with Gasteiger partial charge in [-0.15, -0.1) is 15.3 Å². The predicted molar refractivity (Wildman–Crippen MR) is 106 cm³/mol. The van der Waals surface area contributed by atoms with Gasteiger partial charge < -0.3 is 15.4 Å². The third-order valence-corrected chi connectivity index (χ3v) is 5.20. The first-order valence-corrected chi connectivity index (χ1v) is 9.69. The molecule has 0 radical (unpaired) electrons. The topological polar surface area (TPSA) is 89.8 Å². The number of aryl methyl sites for hydroxylation is 1. The van der Waals surface area contributed by atoms with Crippen LogP contribution in [0.2, 0.25) is 0 Å². The number of nitrogens with one attached hydrogen (secondary N) is 2. The van der Waals surface area contributed by atoms with Crippen molar-refractivity contribution in [1.29, 1.82) is 0 Å². The van der Waals surface area contributed by atoms with Crippen molar-refractivity contribution in [3.63, 3.8) is 0 Å². The highest BCUT2D eigenvalue weighted by Crippen LogP contribution is 2.22. The van der Waals surface area contributed by atoms with E-state index in [0.717, 1.165) is 25.3 Å². The Balaban J connectivity index is 1.47. The standard InChI is InChI=1S/C20H23F2N7O/c1-13-16(29(28-25-13)15-5-3-14(4-6-15)19(21)22)11-30-18-8-7-17(26-27-18)20(2)12-23-9-10-24-20/h3-8,19,23-24H,9-12H2,1-2H3/t20-/m0/s1. The number of hydrogen-bond donors (Lipinski definition) is 2. The first-order chi connectivity index (χ1) is 14.5. The van der Waals surface area contributed by atoms with Gasteiger partial charge in [0.15, 0.2) is 0 Å². The molecule has 1 saturated heterocycles. The molecule has 158 valence electrons. The van der Waals surface area contributed by atoms with Crippen LogP contribution < -0.4 is 15.4 Å². The summed E-state index contributed by atoms with van der Waals surface area (Å²) in [6.45, 7) is 6.63. The van der Waals surface area contributed by atoms with E-state index in [0.29, 0.717) is 23.0 Å². The molecule has 1 fully saturated rings. The number of hydrogen-bond acceptors (Lipinski definition) is 7. The van der Waals surface area contributed by atoms with Crippen LogP contribution in [-0.4, -0.2) is 44.8 Å². The highest BCUT2D eigenvalue weighted by molar-refractivity contribution is 5.36. The number of ether oxygens (including phenoxy) is 1. The summed E-state index contributed by atoms with van der Waals surface area (Å²) in [6.07, 6.45) is -2.51. The summed E-state index contributed by atoms with van der Waals surface area (Å²) < 4.78 is 33.0. The van der Waals surface area contributed by atoms with Gasteiger partial charge in [0.1, 0.15) is 12.3 Å². The zero-order valence-electron chi connectivity index (χ0n) is 16.8. The molecular formula is C20H23F2N7O. The molecule has 0 amide bonds. The van der Waals surface area contributed by atoms with Crippen LogP contribution in [0.3, 0.4) is 0 Å². The van der Waals surface area contributed by atoms with Gasteiger partial charge in [-0.25, -0.2) is 13.5 Å². The van der Waals surface area contributed by atoms with Gasteiger partial charge in [0.25, 0.3) is 6.43 Å². The maximum absolute atomic E-state index is 12.8. The van der Waals surface area contributed by atoms with E-state index < -0.39 is 6.43 Å². The minimum atomic E-state index is -2.51. The molecule has 3 heterocycles. The molecular weight excluding hydrogens is 392 g/mol. The van der Waals surface area contributed by atoms with E-state index in [4.69, 9.17) is 4.74 Å². The van der Waals surface area contributed by atoms with Gasteiger partial charge in [-0.3, -0.25) is 0 Å². The predicted octanol–water partition coefficient (Wildman–Crippen LogP) is 2.29. The fourth-order valence-corrected chi connectivity index (χ4v) is 3.35. The summed E-state index contributed by atoms with van der Waals surface area (Å²) in [4.78, 5) is 0. The maximum atomic E-state index is 12.8. The Bertz CT molecular complexity index is 983. The van der Waals surface area contributed by atoms with Crippen molar-refractivity contribution < 1.29 is 13.5 Å². The van der Waals surface area contributed by atoms with E-state index in [1.165, 1.54) is 12.1 Å². The number of aromatic nitrogens is 5. The Labute approximate surface area is 172 Å². The molecule has 10 heteroatoms. The molecule has 0 unspecified atom stereocenters. The summed E-state index contributed by atoms with van der Waals surface area (Å²) in [5.74, 6) is 0.381. The molecule has 0 bridgehead atoms. The van der Waals surface area contributed by atoms with Crippen LogP contribution in [0.5, 0.6) is 5.88 Å². The molecule has 4 rings (SSSR count). The lowest BCUT2D eigenvalue weighted by Gasteiger charge is -2.34. The summed E-state index contributed by atoms with van der Waals surface area (Å²) in [5, 5.41) is 23.5. The summed E-state index contributed by atoms with van der Waals surface area (Å²) in [6, 6.07) is 9.60. The van der Waals surface area contributed by atoms with Crippen molar-refractivity contribution in [2.24, 2.45) is 0 Å². The Kier molecular flexibility index (Phi) is 5.69. The number of alkyl halides is 2. The zero-order chi connectivity index (χ0) is 21.1. The van der Waals surface area contributed by atoms with Gasteiger partial charge in [0.05, 0.1) is 22.6 Å². The molecule has 0 aliphatic carbocycles. The Hall–Kier alpha value is -2.98. The monoisotopic (exact) mass is 415 g/mol. The first-order valence-electron chi connectivity index (χ1n) is 9.69. The molecule has 1 aliphatic heterocycles. The highest BCUT2D eigenvalue weighted by Gasteiger charge is 2.30. The number of rotatable bonds is 6. The van der Waals surface area contributed by atoms with Crippen LogP contribution in [0.1, 0.15) is 36.0 Å². The van der Waals surface area contributed by atoms with Crippen LogP contribution >= 0.6 is 0 Å². The molecule has 2 aromatic heterocycles. The lowest BCUT2D eigenvalue weighted by Crippen LogP contribution is -2.55. The molecule has 8 nitrogen and oxygen atoms in total. The summed E-state index contributed by atoms with van der Waals surface area (Å²) >= 11 is 0. The molecule has 0 saturated carbocycles. The Morgan fingerprint density at radius 1 is 1.10 bits per heavy atom. The van der Waals surface area contributed by atoms with Crippen molar-refractivity contribution >= 4 is 0 Å². The van der Waals surface area contributed by atoms with E-state index in [1.54, 1.807) is 22.9 Å². The van der Waals surface area contributed by atoms with Gasteiger partial charge in [0, 0.05) is 31.3 Å². The van der Waals surface area contributed by atoms with Crippen LogP contribution in [0, 0.1) is 6.92 Å². The fourth-order valence-electron chi connectivity index (χ4n) is 3.35. The number of halogens is 2. The molecule has 1 aliphatic rings. The normalized spacial score (nSPS) is 19.2. The first kappa shape index (κ1) is 20.3. The van der Waals surface area contributed by atoms with Gasteiger partial charge in [-0.05, 0) is 32.0 Å². The van der Waals surface area contributed by atoms with E-state index >= 15 is 0 Å². The van der Waals surface area contributed by atoms with E-state index in [-0.39, 0.29) is 17.7 Å². The number of piperazine rings is 1. The van der Waals surface area contributed by atoms with Crippen molar-refractivity contribution in [1.82, 2.24) is 35.8 Å². The average molecular weight is 415 g/mol. The molecule has 0 spiro atoms. The van der Waals surface area contributed by atoms with Gasteiger partial charge in [0.2, 0.25) is 5.88 Å². The highest BCUT2D eigenvalue weighted by atomic mass is 19.3. The van der Waals surface area contributed by atoms with E-state index in [2.05, 4.69) is 38.1 Å². The lowest BCUT2D eigenvalue weighted by molar-refractivity contribution is 0.151. The van der Waals surface area contributed by atoms with Gasteiger partial charge in [-0.2, -0.15) is 0 Å². The van der Waals surface area contributed by atoms with Crippen molar-refractivity contribution in [3.8, 4) is 11.6 Å². The smallest absolute Gasteiger partial charge is 0.263 e.